The van der Waals surface area contributed by atoms with Gasteiger partial charge in [-0.1, -0.05) is 30.3 Å². The molecule has 0 atom stereocenters. The first-order valence-electron chi connectivity index (χ1n) is 3.92. The van der Waals surface area contributed by atoms with Crippen molar-refractivity contribution in [2.75, 3.05) is 12.3 Å². The molecule has 0 N–H and O–H groups in total. The Balaban J connectivity index is 2.78. The van der Waals surface area contributed by atoms with Crippen LogP contribution in [0.3, 0.4) is 0 Å². The van der Waals surface area contributed by atoms with Crippen LogP contribution in [0.2, 0.25) is 0 Å². The molecule has 2 nitrogen and oxygen atoms in total. The third-order valence-electron chi connectivity index (χ3n) is 1.64. The average molecular weight is 188 g/mol. The maximum Gasteiger partial charge on any atom is 0.0672 e. The number of nitriles is 2. The molecule has 0 heterocycles. The van der Waals surface area contributed by atoms with Crippen molar-refractivity contribution in [2.24, 2.45) is 0 Å². The van der Waals surface area contributed by atoms with Crippen molar-refractivity contribution in [3.8, 4) is 12.1 Å². The van der Waals surface area contributed by atoms with Gasteiger partial charge in [-0.15, -0.1) is 0 Å². The Kier molecular flexibility index (Phi) is 3.97. The molecule has 13 heavy (non-hydrogen) atoms. The molecule has 0 aliphatic rings. The van der Waals surface area contributed by atoms with Gasteiger partial charge < -0.3 is 0 Å². The van der Waals surface area contributed by atoms with Crippen LogP contribution in [0.15, 0.2) is 30.3 Å². The molecule has 0 saturated heterocycles. The highest BCUT2D eigenvalue weighted by atomic mass is 31.1. The predicted octanol–water partition coefficient (Wildman–Crippen LogP) is 1.84. The third kappa shape index (κ3) is 2.86. The Morgan fingerprint density at radius 3 is 2.00 bits per heavy atom. The fraction of sp³-hybridized carbons (Fsp3) is 0.200. The topological polar surface area (TPSA) is 47.6 Å². The Morgan fingerprint density at radius 2 is 1.54 bits per heavy atom. The second-order valence-corrected chi connectivity index (χ2v) is 4.74. The molecule has 0 aliphatic carbocycles. The van der Waals surface area contributed by atoms with Gasteiger partial charge in [-0.3, -0.25) is 0 Å². The summed E-state index contributed by atoms with van der Waals surface area (Å²) in [5, 5.41) is 18.3. The summed E-state index contributed by atoms with van der Waals surface area (Å²) < 4.78 is 0. The molecule has 0 saturated carbocycles. The quantitative estimate of drug-likeness (QED) is 0.679. The lowest BCUT2D eigenvalue weighted by molar-refractivity contribution is 1.47. The van der Waals surface area contributed by atoms with Crippen molar-refractivity contribution >= 4 is 13.2 Å². The van der Waals surface area contributed by atoms with Gasteiger partial charge in [0.15, 0.2) is 0 Å². The van der Waals surface area contributed by atoms with E-state index in [1.807, 2.05) is 30.3 Å². The largest absolute Gasteiger partial charge is 0.198 e. The highest BCUT2D eigenvalue weighted by molar-refractivity contribution is 7.66. The first-order valence-corrected chi connectivity index (χ1v) is 5.63. The van der Waals surface area contributed by atoms with E-state index in [0.717, 1.165) is 5.30 Å². The van der Waals surface area contributed by atoms with Gasteiger partial charge in [0.1, 0.15) is 0 Å². The van der Waals surface area contributed by atoms with Crippen LogP contribution >= 0.6 is 7.92 Å². The minimum Gasteiger partial charge on any atom is -0.198 e. The molecule has 0 spiro atoms. The van der Waals surface area contributed by atoms with Crippen LogP contribution in [-0.4, -0.2) is 12.3 Å². The number of nitrogens with zero attached hydrogens (tertiary/aromatic N) is 2. The van der Waals surface area contributed by atoms with Crippen LogP contribution in [0.5, 0.6) is 0 Å². The first-order chi connectivity index (χ1) is 6.38. The number of hydrogen-bond acceptors (Lipinski definition) is 2. The zero-order chi connectivity index (χ0) is 9.52. The van der Waals surface area contributed by atoms with E-state index in [1.54, 1.807) is 0 Å². The first kappa shape index (κ1) is 9.72. The summed E-state index contributed by atoms with van der Waals surface area (Å²) in [6, 6.07) is 14.1. The second-order valence-electron chi connectivity index (χ2n) is 2.51. The molecular weight excluding hydrogens is 179 g/mol. The molecule has 1 aromatic carbocycles. The molecule has 1 aromatic rings. The van der Waals surface area contributed by atoms with Crippen LogP contribution in [0, 0.1) is 22.7 Å². The normalized spacial score (nSPS) is 9.15. The van der Waals surface area contributed by atoms with Crippen LogP contribution < -0.4 is 5.30 Å². The molecule has 0 aromatic heterocycles. The van der Waals surface area contributed by atoms with Crippen molar-refractivity contribution in [1.82, 2.24) is 0 Å². The zero-order valence-corrected chi connectivity index (χ0v) is 8.04. The molecule has 0 bridgehead atoms. The Labute approximate surface area is 79.2 Å². The van der Waals surface area contributed by atoms with Crippen LogP contribution in [0.4, 0.5) is 0 Å². The maximum atomic E-state index is 8.58. The number of benzene rings is 1. The van der Waals surface area contributed by atoms with Crippen LogP contribution in [-0.2, 0) is 0 Å². The lowest BCUT2D eigenvalue weighted by Gasteiger charge is -2.09. The SMILES string of the molecule is N#CCP(CC#N)c1ccccc1. The van der Waals surface area contributed by atoms with Crippen LogP contribution in [0.25, 0.3) is 0 Å². The van der Waals surface area contributed by atoms with E-state index in [2.05, 4.69) is 12.1 Å². The zero-order valence-electron chi connectivity index (χ0n) is 7.14. The van der Waals surface area contributed by atoms with Crippen molar-refractivity contribution in [3.63, 3.8) is 0 Å². The van der Waals surface area contributed by atoms with E-state index in [1.165, 1.54) is 0 Å². The van der Waals surface area contributed by atoms with Gasteiger partial charge in [0, 0.05) is 0 Å². The minimum absolute atomic E-state index is 0.479. The monoisotopic (exact) mass is 188 g/mol. The maximum absolute atomic E-state index is 8.58. The Morgan fingerprint density at radius 1 is 1.00 bits per heavy atom. The molecule has 1 rings (SSSR count). The van der Waals surface area contributed by atoms with E-state index in [-0.39, 0.29) is 0 Å². The molecule has 0 fully saturated rings. The van der Waals surface area contributed by atoms with Crippen LogP contribution in [0.1, 0.15) is 0 Å². The molecule has 0 unspecified atom stereocenters. The molecule has 3 heteroatoms. The Hall–Kier alpha value is -1.37. The summed E-state index contributed by atoms with van der Waals surface area (Å²) in [7, 11) is -0.578. The molecule has 64 valence electrons. The van der Waals surface area contributed by atoms with E-state index in [4.69, 9.17) is 10.5 Å². The number of rotatable bonds is 3. The van der Waals surface area contributed by atoms with Crippen molar-refractivity contribution < 1.29 is 0 Å². The predicted molar refractivity (Wildman–Crippen MR) is 54.0 cm³/mol. The Bertz CT molecular complexity index is 318. The molecule has 0 radical (unpaired) electrons. The van der Waals surface area contributed by atoms with Gasteiger partial charge in [0.25, 0.3) is 0 Å². The molecular formula is C10H9N2P. The van der Waals surface area contributed by atoms with Gasteiger partial charge in [0.05, 0.1) is 24.5 Å². The third-order valence-corrected chi connectivity index (χ3v) is 3.72. The summed E-state index contributed by atoms with van der Waals surface area (Å²) in [5.74, 6) is 0. The van der Waals surface area contributed by atoms with Gasteiger partial charge >= 0.3 is 0 Å². The lowest BCUT2D eigenvalue weighted by atomic mass is 10.4. The summed E-state index contributed by atoms with van der Waals surface area (Å²) in [6.07, 6.45) is 0.958. The molecule has 0 amide bonds. The van der Waals surface area contributed by atoms with Gasteiger partial charge in [-0.25, -0.2) is 0 Å². The van der Waals surface area contributed by atoms with E-state index in [9.17, 15) is 0 Å². The standard InChI is InChI=1S/C10H9N2P/c11-6-8-13(9-7-12)10-4-2-1-3-5-10/h1-5H,8-9H2. The molecule has 0 aliphatic heterocycles. The van der Waals surface area contributed by atoms with E-state index < -0.39 is 7.92 Å². The summed E-state index contributed by atoms with van der Waals surface area (Å²) in [5.41, 5.74) is 0. The highest BCUT2D eigenvalue weighted by Crippen LogP contribution is 2.32. The fourth-order valence-electron chi connectivity index (χ4n) is 1.05. The minimum atomic E-state index is -0.578. The number of hydrogen-bond donors (Lipinski definition) is 0. The van der Waals surface area contributed by atoms with Gasteiger partial charge in [-0.05, 0) is 13.2 Å². The summed E-state index contributed by atoms with van der Waals surface area (Å²) in [6.45, 7) is 0. The van der Waals surface area contributed by atoms with Gasteiger partial charge in [0.2, 0.25) is 0 Å². The van der Waals surface area contributed by atoms with Crippen molar-refractivity contribution in [1.29, 1.82) is 10.5 Å². The van der Waals surface area contributed by atoms with Gasteiger partial charge in [-0.2, -0.15) is 10.5 Å². The highest BCUT2D eigenvalue weighted by Gasteiger charge is 2.08. The van der Waals surface area contributed by atoms with E-state index >= 15 is 0 Å². The lowest BCUT2D eigenvalue weighted by Crippen LogP contribution is -2.03. The summed E-state index contributed by atoms with van der Waals surface area (Å²) >= 11 is 0. The van der Waals surface area contributed by atoms with E-state index in [0.29, 0.717) is 12.3 Å². The second kappa shape index (κ2) is 5.31. The smallest absolute Gasteiger partial charge is 0.0672 e. The average Bonchev–Trinajstić information content (AvgIpc) is 2.19. The summed E-state index contributed by atoms with van der Waals surface area (Å²) in [4.78, 5) is 0. The fourth-order valence-corrected chi connectivity index (χ4v) is 2.46. The van der Waals surface area contributed by atoms with Crippen molar-refractivity contribution in [3.05, 3.63) is 30.3 Å². The van der Waals surface area contributed by atoms with Crippen molar-refractivity contribution in [2.45, 2.75) is 0 Å².